The number of piperazine rings is 1. The molecule has 0 radical (unpaired) electrons. The number of rotatable bonds is 6. The molecule has 2 aromatic rings. The van der Waals surface area contributed by atoms with Gasteiger partial charge < -0.3 is 20.3 Å². The van der Waals surface area contributed by atoms with Gasteiger partial charge in [-0.1, -0.05) is 12.1 Å². The van der Waals surface area contributed by atoms with Crippen molar-refractivity contribution < 1.29 is 9.53 Å². The summed E-state index contributed by atoms with van der Waals surface area (Å²) in [5.41, 5.74) is 9.38. The molecule has 3 rings (SSSR count). The fraction of sp³-hybridized carbons (Fsp3) is 0.417. The summed E-state index contributed by atoms with van der Waals surface area (Å²) in [5, 5.41) is 7.50. The van der Waals surface area contributed by atoms with Crippen molar-refractivity contribution in [3.05, 3.63) is 59.7 Å². The Bertz CT molecular complexity index is 862. The second-order valence-corrected chi connectivity index (χ2v) is 8.69. The van der Waals surface area contributed by atoms with Crippen LogP contribution in [0.25, 0.3) is 0 Å². The summed E-state index contributed by atoms with van der Waals surface area (Å²) in [4.78, 5) is 16.6. The number of esters is 1. The molecule has 0 bridgehead atoms. The number of hydrogen-bond donors (Lipinski definition) is 2. The summed E-state index contributed by atoms with van der Waals surface area (Å²) in [5.74, 6) is -0.0556. The highest BCUT2D eigenvalue weighted by molar-refractivity contribution is 5.95. The molecule has 1 fully saturated rings. The van der Waals surface area contributed by atoms with Crippen LogP contribution in [0.15, 0.2) is 48.5 Å². The maximum Gasteiger partial charge on any atom is 0.306 e. The molecule has 0 unspecified atom stereocenters. The van der Waals surface area contributed by atoms with Gasteiger partial charge in [-0.05, 0) is 69.2 Å². The molecule has 0 amide bonds. The molecule has 0 saturated carbocycles. The number of nitrogens with one attached hydrogen (secondary N) is 1. The maximum atomic E-state index is 11.9. The largest absolute Gasteiger partial charge is 0.460 e. The summed E-state index contributed by atoms with van der Waals surface area (Å²) in [6, 6.07) is 16.4. The van der Waals surface area contributed by atoms with Gasteiger partial charge in [0.2, 0.25) is 0 Å². The Morgan fingerprint density at radius 3 is 1.83 bits per heavy atom. The number of anilines is 2. The third-order valence-electron chi connectivity index (χ3n) is 5.16. The fourth-order valence-electron chi connectivity index (χ4n) is 3.59. The predicted octanol–water partition coefficient (Wildman–Crippen LogP) is 3.57. The van der Waals surface area contributed by atoms with E-state index in [1.807, 2.05) is 45.0 Å². The number of hydrogen-bond acceptors (Lipinski definition) is 5. The number of nitrogen functional groups attached to an aromatic ring is 1. The average molecular weight is 409 g/mol. The lowest BCUT2D eigenvalue weighted by molar-refractivity contribution is -0.154. The number of nitrogens with zero attached hydrogens (tertiary/aromatic N) is 2. The third-order valence-corrected chi connectivity index (χ3v) is 5.16. The van der Waals surface area contributed by atoms with Crippen molar-refractivity contribution in [2.45, 2.75) is 39.2 Å². The average Bonchev–Trinajstić information content (AvgIpc) is 2.72. The van der Waals surface area contributed by atoms with E-state index in [9.17, 15) is 4.79 Å². The van der Waals surface area contributed by atoms with Gasteiger partial charge >= 0.3 is 5.97 Å². The minimum atomic E-state index is -0.432. The minimum absolute atomic E-state index is 0.0981. The Kier molecular flexibility index (Phi) is 6.65. The van der Waals surface area contributed by atoms with Crippen LogP contribution in [-0.2, 0) is 16.0 Å². The smallest absolute Gasteiger partial charge is 0.306 e. The summed E-state index contributed by atoms with van der Waals surface area (Å²) in [7, 11) is 0. The first-order valence-corrected chi connectivity index (χ1v) is 10.5. The summed E-state index contributed by atoms with van der Waals surface area (Å²) < 4.78 is 5.37. The van der Waals surface area contributed by atoms with Crippen molar-refractivity contribution in [1.29, 1.82) is 5.41 Å². The monoisotopic (exact) mass is 408 g/mol. The standard InChI is InChI=1S/C24H32N4O2/c1-24(2,3)30-22(29)13-6-18-4-9-20(10-5-18)27-14-16-28(17-15-27)21-11-7-19(8-12-21)23(25)26/h4-5,7-12H,6,13-17H2,1-3H3,(H3,25,26). The topological polar surface area (TPSA) is 82.7 Å². The van der Waals surface area contributed by atoms with Crippen LogP contribution in [0, 0.1) is 5.41 Å². The molecule has 6 heteroatoms. The Hall–Kier alpha value is -3.02. The molecule has 1 heterocycles. The van der Waals surface area contributed by atoms with Crippen LogP contribution in [0.5, 0.6) is 0 Å². The van der Waals surface area contributed by atoms with Gasteiger partial charge in [0.25, 0.3) is 0 Å². The van der Waals surface area contributed by atoms with Crippen LogP contribution in [0.1, 0.15) is 38.3 Å². The number of nitrogens with two attached hydrogens (primary N) is 1. The lowest BCUT2D eigenvalue weighted by atomic mass is 10.1. The predicted molar refractivity (Wildman–Crippen MR) is 122 cm³/mol. The van der Waals surface area contributed by atoms with E-state index in [1.54, 1.807) is 0 Å². The van der Waals surface area contributed by atoms with Gasteiger partial charge in [0.15, 0.2) is 0 Å². The van der Waals surface area contributed by atoms with Gasteiger partial charge in [0.05, 0.1) is 0 Å². The summed E-state index contributed by atoms with van der Waals surface area (Å²) in [6.45, 7) is 9.46. The molecule has 0 spiro atoms. The van der Waals surface area contributed by atoms with Crippen LogP contribution >= 0.6 is 0 Å². The molecule has 6 nitrogen and oxygen atoms in total. The zero-order valence-electron chi connectivity index (χ0n) is 18.1. The van der Waals surface area contributed by atoms with Crippen molar-refractivity contribution in [3.63, 3.8) is 0 Å². The van der Waals surface area contributed by atoms with Gasteiger partial charge in [-0.15, -0.1) is 0 Å². The molecule has 160 valence electrons. The number of carbonyl (C=O) groups is 1. The highest BCUT2D eigenvalue weighted by Gasteiger charge is 2.18. The van der Waals surface area contributed by atoms with Gasteiger partial charge in [-0.25, -0.2) is 0 Å². The van der Waals surface area contributed by atoms with Gasteiger partial charge in [-0.3, -0.25) is 10.2 Å². The first-order chi connectivity index (χ1) is 14.2. The Labute approximate surface area is 179 Å². The number of ether oxygens (including phenoxy) is 1. The van der Waals surface area contributed by atoms with Gasteiger partial charge in [0.1, 0.15) is 11.4 Å². The first-order valence-electron chi connectivity index (χ1n) is 10.5. The van der Waals surface area contributed by atoms with Gasteiger partial charge in [0, 0.05) is 49.5 Å². The third kappa shape index (κ3) is 5.99. The molecule has 3 N–H and O–H groups in total. The van der Waals surface area contributed by atoms with E-state index in [0.717, 1.165) is 43.0 Å². The minimum Gasteiger partial charge on any atom is -0.460 e. The van der Waals surface area contributed by atoms with Crippen LogP contribution in [0.2, 0.25) is 0 Å². The van der Waals surface area contributed by atoms with Crippen LogP contribution in [0.3, 0.4) is 0 Å². The maximum absolute atomic E-state index is 11.9. The zero-order valence-corrected chi connectivity index (χ0v) is 18.1. The van der Waals surface area contributed by atoms with Crippen molar-refractivity contribution in [2.75, 3.05) is 36.0 Å². The molecule has 1 aliphatic heterocycles. The first kappa shape index (κ1) is 21.7. The number of amidine groups is 1. The van der Waals surface area contributed by atoms with Crippen molar-refractivity contribution in [1.82, 2.24) is 0 Å². The molecule has 0 aromatic heterocycles. The van der Waals surface area contributed by atoms with E-state index in [2.05, 4.69) is 34.1 Å². The van der Waals surface area contributed by atoms with E-state index in [1.165, 1.54) is 5.69 Å². The van der Waals surface area contributed by atoms with Crippen LogP contribution < -0.4 is 15.5 Å². The molecular formula is C24H32N4O2. The summed E-state index contributed by atoms with van der Waals surface area (Å²) >= 11 is 0. The van der Waals surface area contributed by atoms with E-state index in [0.29, 0.717) is 12.8 Å². The SMILES string of the molecule is CC(C)(C)OC(=O)CCc1ccc(N2CCN(c3ccc(C(=N)N)cc3)CC2)cc1. The number of benzene rings is 2. The lowest BCUT2D eigenvalue weighted by Crippen LogP contribution is -2.46. The van der Waals surface area contributed by atoms with Gasteiger partial charge in [-0.2, -0.15) is 0 Å². The molecule has 2 aromatic carbocycles. The normalized spacial score (nSPS) is 14.5. The highest BCUT2D eigenvalue weighted by atomic mass is 16.6. The van der Waals surface area contributed by atoms with E-state index < -0.39 is 5.60 Å². The Morgan fingerprint density at radius 2 is 1.40 bits per heavy atom. The number of carbonyl (C=O) groups excluding carboxylic acids is 1. The van der Waals surface area contributed by atoms with Crippen molar-refractivity contribution in [2.24, 2.45) is 5.73 Å². The van der Waals surface area contributed by atoms with E-state index >= 15 is 0 Å². The molecule has 1 saturated heterocycles. The second kappa shape index (κ2) is 9.20. The van der Waals surface area contributed by atoms with Crippen molar-refractivity contribution in [3.8, 4) is 0 Å². The van der Waals surface area contributed by atoms with E-state index in [-0.39, 0.29) is 11.8 Å². The molecule has 0 atom stereocenters. The molecule has 0 aliphatic carbocycles. The second-order valence-electron chi connectivity index (χ2n) is 8.69. The molecule has 30 heavy (non-hydrogen) atoms. The summed E-state index contributed by atoms with van der Waals surface area (Å²) in [6.07, 6.45) is 1.09. The molecular weight excluding hydrogens is 376 g/mol. The fourth-order valence-corrected chi connectivity index (χ4v) is 3.59. The highest BCUT2D eigenvalue weighted by Crippen LogP contribution is 2.22. The quantitative estimate of drug-likeness (QED) is 0.434. The van der Waals surface area contributed by atoms with Crippen LogP contribution in [-0.4, -0.2) is 43.6 Å². The van der Waals surface area contributed by atoms with Crippen LogP contribution in [0.4, 0.5) is 11.4 Å². The number of aryl methyl sites for hydroxylation is 1. The Balaban J connectivity index is 1.50. The van der Waals surface area contributed by atoms with Crippen molar-refractivity contribution >= 4 is 23.2 Å². The van der Waals surface area contributed by atoms with E-state index in [4.69, 9.17) is 15.9 Å². The Morgan fingerprint density at radius 1 is 0.933 bits per heavy atom. The molecule has 1 aliphatic rings. The zero-order chi connectivity index (χ0) is 21.7. The lowest BCUT2D eigenvalue weighted by Gasteiger charge is -2.37.